The van der Waals surface area contributed by atoms with Gasteiger partial charge in [-0.05, 0) is 48.7 Å². The van der Waals surface area contributed by atoms with Crippen molar-refractivity contribution in [2.24, 2.45) is 0 Å². The van der Waals surface area contributed by atoms with Crippen LogP contribution in [0.25, 0.3) is 10.2 Å². The predicted molar refractivity (Wildman–Crippen MR) is 137 cm³/mol. The van der Waals surface area contributed by atoms with Crippen molar-refractivity contribution >= 4 is 50.8 Å². The van der Waals surface area contributed by atoms with Gasteiger partial charge in [0.1, 0.15) is 0 Å². The molecule has 9 nitrogen and oxygen atoms in total. The quantitative estimate of drug-likeness (QED) is 0.337. The molecular weight excluding hydrogens is 490 g/mol. The van der Waals surface area contributed by atoms with E-state index in [1.54, 1.807) is 35.6 Å². The summed E-state index contributed by atoms with van der Waals surface area (Å²) in [5.41, 5.74) is 1.17. The minimum absolute atomic E-state index is 0.0489. The van der Waals surface area contributed by atoms with E-state index in [1.807, 2.05) is 18.2 Å². The maximum Gasteiger partial charge on any atom is 0.354 e. The first kappa shape index (κ1) is 24.6. The van der Waals surface area contributed by atoms with Crippen LogP contribution in [0, 0.1) is 0 Å². The largest absolute Gasteiger partial charge is 0.469 e. The Balaban J connectivity index is 1.71. The van der Waals surface area contributed by atoms with Crippen molar-refractivity contribution in [1.82, 2.24) is 19.1 Å². The molecule has 2 heterocycles. The number of ether oxygens (including phenoxy) is 1. The van der Waals surface area contributed by atoms with Gasteiger partial charge < -0.3 is 10.1 Å². The van der Waals surface area contributed by atoms with E-state index in [1.165, 1.54) is 11.7 Å². The summed E-state index contributed by atoms with van der Waals surface area (Å²) in [7, 11) is 1.29. The number of nitrogens with one attached hydrogen (secondary N) is 1. The number of benzene rings is 2. The second-order valence-corrected chi connectivity index (χ2v) is 9.36. The highest BCUT2D eigenvalue weighted by Gasteiger charge is 2.15. The Kier molecular flexibility index (Phi) is 7.62. The lowest BCUT2D eigenvalue weighted by atomic mass is 10.2. The fourth-order valence-corrected chi connectivity index (χ4v) is 4.62. The molecule has 0 aliphatic heterocycles. The first-order valence-electron chi connectivity index (χ1n) is 11.1. The Morgan fingerprint density at radius 1 is 1.11 bits per heavy atom. The minimum Gasteiger partial charge on any atom is -0.469 e. The number of aryl methyl sites for hydroxylation is 1. The molecule has 11 heteroatoms. The standard InChI is InChI=1S/C24H24ClN5O4S/c1-3-20-27-18-11-10-17(13-19(18)35-20)26-22-28-23(32)29(12-4-5-21(31)34-2)24(33)30(22)14-15-6-8-16(25)9-7-15/h6-11,13H,3-5,12,14H2,1-2H3,(H,26,28,32). The fraction of sp³-hybridized carbons (Fsp3) is 0.292. The Hall–Kier alpha value is -3.50. The number of halogens is 1. The zero-order valence-electron chi connectivity index (χ0n) is 19.3. The number of aromatic nitrogens is 4. The van der Waals surface area contributed by atoms with Crippen LogP contribution in [0.3, 0.4) is 0 Å². The lowest BCUT2D eigenvalue weighted by Gasteiger charge is -2.16. The van der Waals surface area contributed by atoms with Crippen LogP contribution < -0.4 is 16.7 Å². The molecular formula is C24H24ClN5O4S. The molecule has 0 fully saturated rings. The fourth-order valence-electron chi connectivity index (χ4n) is 3.55. The van der Waals surface area contributed by atoms with E-state index in [0.29, 0.717) is 10.7 Å². The first-order chi connectivity index (χ1) is 16.9. The summed E-state index contributed by atoms with van der Waals surface area (Å²) in [5.74, 6) is -0.283. The van der Waals surface area contributed by atoms with Crippen LogP contribution in [-0.4, -0.2) is 32.2 Å². The molecule has 2 aromatic carbocycles. The Labute approximate surface area is 210 Å². The SMILES string of the molecule is CCc1nc2ccc(Nc3nc(=O)n(CCCC(=O)OC)c(=O)n3Cc3ccc(Cl)cc3)cc2s1. The number of carbonyl (C=O) groups is 1. The minimum atomic E-state index is -0.693. The van der Waals surface area contributed by atoms with Gasteiger partial charge in [-0.1, -0.05) is 30.7 Å². The molecule has 2 aromatic heterocycles. The van der Waals surface area contributed by atoms with Gasteiger partial charge in [0.25, 0.3) is 0 Å². The normalized spacial score (nSPS) is 11.1. The predicted octanol–water partition coefficient (Wildman–Crippen LogP) is 3.98. The molecule has 0 bridgehead atoms. The molecule has 0 radical (unpaired) electrons. The van der Waals surface area contributed by atoms with Gasteiger partial charge in [-0.15, -0.1) is 11.3 Å². The maximum absolute atomic E-state index is 13.4. The van der Waals surface area contributed by atoms with Crippen molar-refractivity contribution in [3.05, 3.63) is 79.0 Å². The average molecular weight is 514 g/mol. The lowest BCUT2D eigenvalue weighted by Crippen LogP contribution is -2.42. The molecule has 0 amide bonds. The number of methoxy groups -OCH3 is 1. The van der Waals surface area contributed by atoms with Crippen LogP contribution in [0.2, 0.25) is 5.02 Å². The van der Waals surface area contributed by atoms with Gasteiger partial charge >= 0.3 is 17.3 Å². The van der Waals surface area contributed by atoms with E-state index in [0.717, 1.165) is 31.8 Å². The van der Waals surface area contributed by atoms with E-state index >= 15 is 0 Å². The number of thiazole rings is 1. The zero-order valence-corrected chi connectivity index (χ0v) is 20.9. The number of rotatable bonds is 9. The highest BCUT2D eigenvalue weighted by atomic mass is 35.5. The number of hydrogen-bond acceptors (Lipinski definition) is 8. The van der Waals surface area contributed by atoms with E-state index in [-0.39, 0.29) is 31.9 Å². The molecule has 1 N–H and O–H groups in total. The molecule has 4 aromatic rings. The van der Waals surface area contributed by atoms with Crippen LogP contribution in [0.4, 0.5) is 11.6 Å². The summed E-state index contributed by atoms with van der Waals surface area (Å²) in [6.45, 7) is 2.27. The van der Waals surface area contributed by atoms with Gasteiger partial charge in [-0.3, -0.25) is 9.36 Å². The smallest absolute Gasteiger partial charge is 0.354 e. The molecule has 0 saturated heterocycles. The summed E-state index contributed by atoms with van der Waals surface area (Å²) in [6, 6.07) is 12.7. The zero-order chi connectivity index (χ0) is 24.9. The number of fused-ring (bicyclic) bond motifs is 1. The van der Waals surface area contributed by atoms with Gasteiger partial charge in [0.05, 0.1) is 28.9 Å². The van der Waals surface area contributed by atoms with E-state index < -0.39 is 17.3 Å². The van der Waals surface area contributed by atoms with Gasteiger partial charge in [-0.25, -0.2) is 19.1 Å². The molecule has 0 aliphatic carbocycles. The molecule has 0 aliphatic rings. The van der Waals surface area contributed by atoms with Crippen LogP contribution in [0.5, 0.6) is 0 Å². The van der Waals surface area contributed by atoms with E-state index in [4.69, 9.17) is 11.6 Å². The van der Waals surface area contributed by atoms with Crippen molar-refractivity contribution in [3.8, 4) is 0 Å². The van der Waals surface area contributed by atoms with Crippen molar-refractivity contribution in [1.29, 1.82) is 0 Å². The number of nitrogens with zero attached hydrogens (tertiary/aromatic N) is 4. The van der Waals surface area contributed by atoms with Gasteiger partial charge in [0.2, 0.25) is 5.95 Å². The third-order valence-electron chi connectivity index (χ3n) is 5.39. The van der Waals surface area contributed by atoms with Crippen molar-refractivity contribution < 1.29 is 9.53 Å². The monoisotopic (exact) mass is 513 g/mol. The number of carbonyl (C=O) groups excluding carboxylic acids is 1. The maximum atomic E-state index is 13.4. The van der Waals surface area contributed by atoms with Crippen LogP contribution >= 0.6 is 22.9 Å². The van der Waals surface area contributed by atoms with E-state index in [2.05, 4.69) is 26.9 Å². The molecule has 0 unspecified atom stereocenters. The molecule has 182 valence electrons. The third-order valence-corrected chi connectivity index (χ3v) is 6.80. The van der Waals surface area contributed by atoms with Crippen LogP contribution in [-0.2, 0) is 29.0 Å². The van der Waals surface area contributed by atoms with Crippen LogP contribution in [0.1, 0.15) is 30.3 Å². The highest BCUT2D eigenvalue weighted by molar-refractivity contribution is 7.18. The topological polar surface area (TPSA) is 108 Å². The van der Waals surface area contributed by atoms with Gasteiger partial charge in [-0.2, -0.15) is 4.98 Å². The summed E-state index contributed by atoms with van der Waals surface area (Å²) in [4.78, 5) is 46.3. The lowest BCUT2D eigenvalue weighted by molar-refractivity contribution is -0.140. The second kappa shape index (κ2) is 10.8. The summed E-state index contributed by atoms with van der Waals surface area (Å²) >= 11 is 7.60. The number of esters is 1. The summed E-state index contributed by atoms with van der Waals surface area (Å²) < 4.78 is 8.06. The van der Waals surface area contributed by atoms with Gasteiger partial charge in [0, 0.05) is 23.7 Å². The first-order valence-corrected chi connectivity index (χ1v) is 12.3. The molecule has 35 heavy (non-hydrogen) atoms. The number of anilines is 2. The van der Waals surface area contributed by atoms with Crippen LogP contribution in [0.15, 0.2) is 52.1 Å². The molecule has 4 rings (SSSR count). The summed E-state index contributed by atoms with van der Waals surface area (Å²) in [6.07, 6.45) is 1.21. The highest BCUT2D eigenvalue weighted by Crippen LogP contribution is 2.26. The van der Waals surface area contributed by atoms with E-state index in [9.17, 15) is 14.4 Å². The van der Waals surface area contributed by atoms with Crippen molar-refractivity contribution in [2.75, 3.05) is 12.4 Å². The van der Waals surface area contributed by atoms with Crippen molar-refractivity contribution in [3.63, 3.8) is 0 Å². The Morgan fingerprint density at radius 3 is 2.60 bits per heavy atom. The molecule has 0 atom stereocenters. The number of hydrogen-bond donors (Lipinski definition) is 1. The Morgan fingerprint density at radius 2 is 1.89 bits per heavy atom. The Bertz CT molecular complexity index is 1480. The third kappa shape index (κ3) is 5.77. The summed E-state index contributed by atoms with van der Waals surface area (Å²) in [5, 5.41) is 4.74. The molecule has 0 saturated carbocycles. The molecule has 0 spiro atoms. The average Bonchev–Trinajstić information content (AvgIpc) is 3.27. The van der Waals surface area contributed by atoms with Gasteiger partial charge in [0.15, 0.2) is 0 Å². The second-order valence-electron chi connectivity index (χ2n) is 7.81. The van der Waals surface area contributed by atoms with Crippen molar-refractivity contribution in [2.45, 2.75) is 39.3 Å².